The fraction of sp³-hybridized carbons (Fsp3) is 0.222. The van der Waals surface area contributed by atoms with Crippen LogP contribution in [0.25, 0.3) is 0 Å². The van der Waals surface area contributed by atoms with E-state index in [4.69, 9.17) is 5.26 Å². The van der Waals surface area contributed by atoms with Crippen LogP contribution in [0.1, 0.15) is 16.7 Å². The smallest absolute Gasteiger partial charge is 0.191 e. The molecule has 0 heterocycles. The molecule has 2 rings (SSSR count). The summed E-state index contributed by atoms with van der Waals surface area (Å²) in [5.74, 6) is -0.141. The number of hydrogen-bond donors (Lipinski definition) is 2. The van der Waals surface area contributed by atoms with Gasteiger partial charge in [-0.3, -0.25) is 4.99 Å². The molecule has 4 nitrogen and oxygen atoms in total. The lowest BCUT2D eigenvalue weighted by molar-refractivity contribution is 0.604. The zero-order valence-corrected chi connectivity index (χ0v) is 13.3. The molecule has 0 aromatic heterocycles. The van der Waals surface area contributed by atoms with Crippen molar-refractivity contribution in [2.75, 3.05) is 13.6 Å². The summed E-state index contributed by atoms with van der Waals surface area (Å²) >= 11 is 0. The van der Waals surface area contributed by atoms with Gasteiger partial charge < -0.3 is 10.6 Å². The maximum Gasteiger partial charge on any atom is 0.191 e. The van der Waals surface area contributed by atoms with Crippen LogP contribution in [-0.4, -0.2) is 19.6 Å². The molecule has 2 aromatic rings. The first-order valence-corrected chi connectivity index (χ1v) is 7.50. The Kier molecular flexibility index (Phi) is 6.26. The van der Waals surface area contributed by atoms with E-state index in [2.05, 4.69) is 15.6 Å². The number of halogens is 2. The van der Waals surface area contributed by atoms with Crippen molar-refractivity contribution in [2.24, 2.45) is 4.99 Å². The van der Waals surface area contributed by atoms with E-state index in [0.717, 1.165) is 5.56 Å². The second kappa shape index (κ2) is 8.63. The number of nitriles is 1. The Morgan fingerprint density at radius 1 is 1.12 bits per heavy atom. The van der Waals surface area contributed by atoms with Crippen molar-refractivity contribution in [3.05, 3.63) is 70.8 Å². The third kappa shape index (κ3) is 5.06. The van der Waals surface area contributed by atoms with E-state index in [0.29, 0.717) is 24.5 Å². The molecule has 2 aromatic carbocycles. The molecule has 0 amide bonds. The number of rotatable bonds is 5. The van der Waals surface area contributed by atoms with Gasteiger partial charge in [-0.2, -0.15) is 5.26 Å². The van der Waals surface area contributed by atoms with Crippen molar-refractivity contribution < 1.29 is 8.78 Å². The summed E-state index contributed by atoms with van der Waals surface area (Å²) in [6, 6.07) is 12.6. The lowest BCUT2D eigenvalue weighted by Gasteiger charge is -2.12. The van der Waals surface area contributed by atoms with Crippen molar-refractivity contribution in [3.8, 4) is 6.07 Å². The number of guanidine groups is 1. The average molecular weight is 328 g/mol. The van der Waals surface area contributed by atoms with Gasteiger partial charge in [-0.1, -0.05) is 18.2 Å². The maximum atomic E-state index is 13.8. The van der Waals surface area contributed by atoms with Gasteiger partial charge in [-0.05, 0) is 36.2 Å². The van der Waals surface area contributed by atoms with Gasteiger partial charge >= 0.3 is 0 Å². The Bertz CT molecular complexity index is 749. The topological polar surface area (TPSA) is 60.2 Å². The van der Waals surface area contributed by atoms with E-state index < -0.39 is 5.82 Å². The summed E-state index contributed by atoms with van der Waals surface area (Å²) in [5.41, 5.74) is 1.76. The summed E-state index contributed by atoms with van der Waals surface area (Å²) in [5, 5.41) is 14.9. The first kappa shape index (κ1) is 17.4. The summed E-state index contributed by atoms with van der Waals surface area (Å²) in [4.78, 5) is 4.07. The molecule has 0 radical (unpaired) electrons. The molecule has 0 saturated carbocycles. The van der Waals surface area contributed by atoms with Crippen LogP contribution in [0.4, 0.5) is 8.78 Å². The van der Waals surface area contributed by atoms with Crippen LogP contribution in [0.2, 0.25) is 0 Å². The minimum Gasteiger partial charge on any atom is -0.356 e. The third-order valence-electron chi connectivity index (χ3n) is 3.47. The molecule has 0 spiro atoms. The third-order valence-corrected chi connectivity index (χ3v) is 3.47. The number of hydrogen-bond acceptors (Lipinski definition) is 2. The molecule has 0 aliphatic heterocycles. The highest BCUT2D eigenvalue weighted by Crippen LogP contribution is 2.09. The van der Waals surface area contributed by atoms with Gasteiger partial charge in [0.15, 0.2) is 5.96 Å². The molecule has 0 bridgehead atoms. The Hall–Kier alpha value is -2.94. The molecule has 0 aliphatic carbocycles. The zero-order valence-electron chi connectivity index (χ0n) is 13.3. The summed E-state index contributed by atoms with van der Waals surface area (Å²) < 4.78 is 26.7. The van der Waals surface area contributed by atoms with Gasteiger partial charge in [0.25, 0.3) is 0 Å². The van der Waals surface area contributed by atoms with Crippen molar-refractivity contribution in [1.29, 1.82) is 5.26 Å². The minimum absolute atomic E-state index is 0.256. The van der Waals surface area contributed by atoms with Crippen LogP contribution in [0.15, 0.2) is 47.5 Å². The Morgan fingerprint density at radius 3 is 2.50 bits per heavy atom. The van der Waals surface area contributed by atoms with Crippen molar-refractivity contribution in [1.82, 2.24) is 10.6 Å². The Morgan fingerprint density at radius 2 is 1.88 bits per heavy atom. The monoisotopic (exact) mass is 328 g/mol. The number of nitrogens with one attached hydrogen (secondary N) is 2. The summed E-state index contributed by atoms with van der Waals surface area (Å²) in [6.45, 7) is 0.870. The lowest BCUT2D eigenvalue weighted by atomic mass is 10.1. The van der Waals surface area contributed by atoms with E-state index in [1.807, 2.05) is 6.07 Å². The molecule has 0 saturated heterocycles. The molecule has 24 heavy (non-hydrogen) atoms. The van der Waals surface area contributed by atoms with E-state index >= 15 is 0 Å². The van der Waals surface area contributed by atoms with Crippen LogP contribution in [0, 0.1) is 23.0 Å². The first-order valence-electron chi connectivity index (χ1n) is 7.50. The van der Waals surface area contributed by atoms with Crippen LogP contribution in [0.5, 0.6) is 0 Å². The van der Waals surface area contributed by atoms with Gasteiger partial charge in [-0.25, -0.2) is 8.78 Å². The average Bonchev–Trinajstić information content (AvgIpc) is 2.60. The molecular formula is C18H18F2N4. The SMILES string of the molecule is CN=C(NCCc1ccc(F)cc1)NCc1ccc(C#N)cc1F. The predicted octanol–water partition coefficient (Wildman–Crippen LogP) is 2.74. The van der Waals surface area contributed by atoms with Gasteiger partial charge in [0.05, 0.1) is 11.6 Å². The van der Waals surface area contributed by atoms with Gasteiger partial charge in [0.1, 0.15) is 11.6 Å². The van der Waals surface area contributed by atoms with E-state index in [9.17, 15) is 8.78 Å². The van der Waals surface area contributed by atoms with Gasteiger partial charge in [0.2, 0.25) is 0 Å². The van der Waals surface area contributed by atoms with E-state index in [1.165, 1.54) is 18.2 Å². The minimum atomic E-state index is -0.427. The van der Waals surface area contributed by atoms with Crippen LogP contribution < -0.4 is 10.6 Å². The second-order valence-corrected chi connectivity index (χ2v) is 5.15. The molecule has 2 N–H and O–H groups in total. The Balaban J connectivity index is 1.82. The predicted molar refractivity (Wildman–Crippen MR) is 89.4 cm³/mol. The van der Waals surface area contributed by atoms with Crippen molar-refractivity contribution in [2.45, 2.75) is 13.0 Å². The number of aliphatic imine (C=N–C) groups is 1. The molecule has 0 fully saturated rings. The highest BCUT2D eigenvalue weighted by Gasteiger charge is 2.05. The van der Waals surface area contributed by atoms with Gasteiger partial charge in [-0.15, -0.1) is 0 Å². The zero-order chi connectivity index (χ0) is 17.4. The quantitative estimate of drug-likeness (QED) is 0.655. The second-order valence-electron chi connectivity index (χ2n) is 5.15. The summed E-state index contributed by atoms with van der Waals surface area (Å²) in [7, 11) is 1.63. The summed E-state index contributed by atoms with van der Waals surface area (Å²) in [6.07, 6.45) is 0.714. The number of benzene rings is 2. The molecule has 6 heteroatoms. The van der Waals surface area contributed by atoms with Crippen molar-refractivity contribution in [3.63, 3.8) is 0 Å². The molecule has 0 aliphatic rings. The number of nitrogens with zero attached hydrogens (tertiary/aromatic N) is 2. The highest BCUT2D eigenvalue weighted by atomic mass is 19.1. The van der Waals surface area contributed by atoms with E-state index in [-0.39, 0.29) is 17.9 Å². The van der Waals surface area contributed by atoms with Crippen LogP contribution in [0.3, 0.4) is 0 Å². The molecule has 0 unspecified atom stereocenters. The van der Waals surface area contributed by atoms with Crippen LogP contribution >= 0.6 is 0 Å². The molecule has 124 valence electrons. The fourth-order valence-corrected chi connectivity index (χ4v) is 2.14. The largest absolute Gasteiger partial charge is 0.356 e. The lowest BCUT2D eigenvalue weighted by Crippen LogP contribution is -2.38. The normalized spacial score (nSPS) is 11.0. The maximum absolute atomic E-state index is 13.8. The van der Waals surface area contributed by atoms with E-state index in [1.54, 1.807) is 31.3 Å². The Labute approximate surface area is 139 Å². The van der Waals surface area contributed by atoms with Gasteiger partial charge in [0, 0.05) is 25.7 Å². The van der Waals surface area contributed by atoms with Crippen LogP contribution in [-0.2, 0) is 13.0 Å². The standard InChI is InChI=1S/C18H18F2N4/c1-22-18(23-9-8-13-3-6-16(19)7-4-13)24-12-15-5-2-14(11-21)10-17(15)20/h2-7,10H,8-9,12H2,1H3,(H2,22,23,24). The highest BCUT2D eigenvalue weighted by molar-refractivity contribution is 5.79. The molecular weight excluding hydrogens is 310 g/mol. The fourth-order valence-electron chi connectivity index (χ4n) is 2.14. The molecule has 0 atom stereocenters. The first-order chi connectivity index (χ1) is 11.6. The van der Waals surface area contributed by atoms with Crippen molar-refractivity contribution >= 4 is 5.96 Å².